The molecule has 0 unspecified atom stereocenters. The average Bonchev–Trinajstić information content (AvgIpc) is 2.88. The van der Waals surface area contributed by atoms with Crippen LogP contribution in [0.5, 0.6) is 0 Å². The van der Waals surface area contributed by atoms with Crippen molar-refractivity contribution in [1.29, 1.82) is 0 Å². The zero-order valence-corrected chi connectivity index (χ0v) is 12.6. The van der Waals surface area contributed by atoms with Crippen molar-refractivity contribution in [3.63, 3.8) is 0 Å². The maximum atomic E-state index is 6.19. The highest BCUT2D eigenvalue weighted by Gasteiger charge is 2.12. The molecule has 0 spiro atoms. The lowest BCUT2D eigenvalue weighted by Gasteiger charge is -2.03. The molecule has 2 nitrogen and oxygen atoms in total. The molecule has 0 saturated carbocycles. The van der Waals surface area contributed by atoms with Crippen LogP contribution < -0.4 is 5.32 Å². The second-order valence-electron chi connectivity index (χ2n) is 4.13. The van der Waals surface area contributed by atoms with Gasteiger partial charge in [-0.15, -0.1) is 11.3 Å². The monoisotopic (exact) mass is 320 g/mol. The van der Waals surface area contributed by atoms with Crippen molar-refractivity contribution in [2.24, 2.45) is 0 Å². The molecule has 0 atom stereocenters. The van der Waals surface area contributed by atoms with Gasteiger partial charge in [-0.25, -0.2) is 4.98 Å². The fourth-order valence-electron chi connectivity index (χ4n) is 1.83. The Bertz CT molecular complexity index is 705. The highest BCUT2D eigenvalue weighted by atomic mass is 35.5. The molecule has 100 valence electrons. The zero-order valence-electron chi connectivity index (χ0n) is 10.3. The first-order chi connectivity index (χ1) is 9.74. The summed E-state index contributed by atoms with van der Waals surface area (Å²) < 4.78 is 0. The summed E-state index contributed by atoms with van der Waals surface area (Å²) >= 11 is 13.9. The molecule has 0 fully saturated rings. The first-order valence-electron chi connectivity index (χ1n) is 5.96. The molecule has 0 aliphatic heterocycles. The predicted octanol–water partition coefficient (Wildman–Crippen LogP) is 5.86. The summed E-state index contributed by atoms with van der Waals surface area (Å²) in [4.78, 5) is 4.54. The molecule has 3 aromatic rings. The van der Waals surface area contributed by atoms with Gasteiger partial charge >= 0.3 is 0 Å². The molecule has 0 saturated heterocycles. The molecule has 1 aromatic heterocycles. The molecule has 0 bridgehead atoms. The SMILES string of the molecule is Clc1cccc(Cl)c1-c1csc(Nc2ccccc2)n1. The Morgan fingerprint density at radius 1 is 0.900 bits per heavy atom. The second-order valence-corrected chi connectivity index (χ2v) is 5.80. The summed E-state index contributed by atoms with van der Waals surface area (Å²) in [5.74, 6) is 0. The van der Waals surface area contributed by atoms with Gasteiger partial charge in [-0.2, -0.15) is 0 Å². The number of thiazole rings is 1. The van der Waals surface area contributed by atoms with Crippen molar-refractivity contribution < 1.29 is 0 Å². The Hall–Kier alpha value is -1.55. The Labute approximate surface area is 131 Å². The Balaban J connectivity index is 1.91. The van der Waals surface area contributed by atoms with Gasteiger partial charge in [0.2, 0.25) is 0 Å². The number of benzene rings is 2. The lowest BCUT2D eigenvalue weighted by atomic mass is 10.2. The number of aromatic nitrogens is 1. The van der Waals surface area contributed by atoms with E-state index < -0.39 is 0 Å². The van der Waals surface area contributed by atoms with E-state index in [1.807, 2.05) is 53.9 Å². The minimum atomic E-state index is 0.606. The number of nitrogens with one attached hydrogen (secondary N) is 1. The smallest absolute Gasteiger partial charge is 0.187 e. The zero-order chi connectivity index (χ0) is 13.9. The Kier molecular flexibility index (Phi) is 3.92. The topological polar surface area (TPSA) is 24.9 Å². The third-order valence-electron chi connectivity index (χ3n) is 2.75. The van der Waals surface area contributed by atoms with E-state index in [9.17, 15) is 0 Å². The number of hydrogen-bond donors (Lipinski definition) is 1. The number of rotatable bonds is 3. The second kappa shape index (κ2) is 5.83. The number of para-hydroxylation sites is 1. The fourth-order valence-corrected chi connectivity index (χ4v) is 3.15. The highest BCUT2D eigenvalue weighted by Crippen LogP contribution is 2.36. The summed E-state index contributed by atoms with van der Waals surface area (Å²) in [6.07, 6.45) is 0. The van der Waals surface area contributed by atoms with Crippen LogP contribution in [-0.2, 0) is 0 Å². The summed E-state index contributed by atoms with van der Waals surface area (Å²) in [5.41, 5.74) is 2.55. The van der Waals surface area contributed by atoms with Gasteiger partial charge < -0.3 is 5.32 Å². The number of hydrogen-bond acceptors (Lipinski definition) is 3. The van der Waals surface area contributed by atoms with Crippen LogP contribution in [0.3, 0.4) is 0 Å². The molecule has 20 heavy (non-hydrogen) atoms. The first kappa shape index (κ1) is 13.4. The number of nitrogens with zero attached hydrogens (tertiary/aromatic N) is 1. The third-order valence-corrected chi connectivity index (χ3v) is 4.14. The summed E-state index contributed by atoms with van der Waals surface area (Å²) in [6.45, 7) is 0. The van der Waals surface area contributed by atoms with E-state index in [0.29, 0.717) is 10.0 Å². The molecular formula is C15H10Cl2N2S. The van der Waals surface area contributed by atoms with Crippen molar-refractivity contribution in [3.8, 4) is 11.3 Å². The van der Waals surface area contributed by atoms with E-state index in [4.69, 9.17) is 23.2 Å². The predicted molar refractivity (Wildman–Crippen MR) is 87.3 cm³/mol. The fraction of sp³-hybridized carbons (Fsp3) is 0. The van der Waals surface area contributed by atoms with E-state index in [-0.39, 0.29) is 0 Å². The van der Waals surface area contributed by atoms with Crippen LogP contribution in [0.2, 0.25) is 10.0 Å². The molecule has 1 heterocycles. The normalized spacial score (nSPS) is 10.5. The van der Waals surface area contributed by atoms with Crippen LogP contribution in [0.25, 0.3) is 11.3 Å². The van der Waals surface area contributed by atoms with Crippen molar-refractivity contribution in [2.45, 2.75) is 0 Å². The van der Waals surface area contributed by atoms with Crippen LogP contribution in [-0.4, -0.2) is 4.98 Å². The van der Waals surface area contributed by atoms with E-state index >= 15 is 0 Å². The van der Waals surface area contributed by atoms with Gasteiger partial charge in [0.05, 0.1) is 15.7 Å². The maximum Gasteiger partial charge on any atom is 0.187 e. The molecule has 2 aromatic carbocycles. The molecular weight excluding hydrogens is 311 g/mol. The van der Waals surface area contributed by atoms with Gasteiger partial charge in [0.1, 0.15) is 0 Å². The minimum Gasteiger partial charge on any atom is -0.332 e. The quantitative estimate of drug-likeness (QED) is 0.653. The Morgan fingerprint density at radius 3 is 2.30 bits per heavy atom. The molecule has 3 rings (SSSR count). The van der Waals surface area contributed by atoms with E-state index in [0.717, 1.165) is 22.1 Å². The minimum absolute atomic E-state index is 0.606. The number of anilines is 2. The molecule has 1 N–H and O–H groups in total. The van der Waals surface area contributed by atoms with Gasteiger partial charge in [0.15, 0.2) is 5.13 Å². The van der Waals surface area contributed by atoms with Crippen molar-refractivity contribution in [1.82, 2.24) is 4.98 Å². The van der Waals surface area contributed by atoms with Crippen LogP contribution >= 0.6 is 34.5 Å². The standard InChI is InChI=1S/C15H10Cl2N2S/c16-11-7-4-8-12(17)14(11)13-9-20-15(19-13)18-10-5-2-1-3-6-10/h1-9H,(H,18,19). The van der Waals surface area contributed by atoms with E-state index in [1.165, 1.54) is 11.3 Å². The first-order valence-corrected chi connectivity index (χ1v) is 7.59. The molecule has 0 radical (unpaired) electrons. The molecule has 0 aliphatic carbocycles. The summed E-state index contributed by atoms with van der Waals surface area (Å²) in [7, 11) is 0. The van der Waals surface area contributed by atoms with E-state index in [1.54, 1.807) is 0 Å². The van der Waals surface area contributed by atoms with Crippen LogP contribution in [0.15, 0.2) is 53.9 Å². The largest absolute Gasteiger partial charge is 0.332 e. The van der Waals surface area contributed by atoms with E-state index in [2.05, 4.69) is 10.3 Å². The lowest BCUT2D eigenvalue weighted by Crippen LogP contribution is -1.89. The number of halogens is 2. The summed E-state index contributed by atoms with van der Waals surface area (Å²) in [6, 6.07) is 15.3. The van der Waals surface area contributed by atoms with Crippen LogP contribution in [0.4, 0.5) is 10.8 Å². The van der Waals surface area contributed by atoms with Gasteiger partial charge in [0.25, 0.3) is 0 Å². The van der Waals surface area contributed by atoms with Gasteiger partial charge in [-0.1, -0.05) is 47.5 Å². The van der Waals surface area contributed by atoms with Crippen molar-refractivity contribution >= 4 is 45.4 Å². The van der Waals surface area contributed by atoms with Crippen LogP contribution in [0.1, 0.15) is 0 Å². The summed E-state index contributed by atoms with van der Waals surface area (Å²) in [5, 5.41) is 7.22. The molecule has 5 heteroatoms. The Morgan fingerprint density at radius 2 is 1.60 bits per heavy atom. The van der Waals surface area contributed by atoms with Gasteiger partial charge in [-0.05, 0) is 24.3 Å². The lowest BCUT2D eigenvalue weighted by molar-refractivity contribution is 1.38. The van der Waals surface area contributed by atoms with Crippen LogP contribution in [0, 0.1) is 0 Å². The van der Waals surface area contributed by atoms with Gasteiger partial charge in [0, 0.05) is 16.6 Å². The van der Waals surface area contributed by atoms with Crippen molar-refractivity contribution in [2.75, 3.05) is 5.32 Å². The van der Waals surface area contributed by atoms with Crippen molar-refractivity contribution in [3.05, 3.63) is 64.0 Å². The molecule has 0 aliphatic rings. The van der Waals surface area contributed by atoms with Gasteiger partial charge in [-0.3, -0.25) is 0 Å². The average molecular weight is 321 g/mol. The maximum absolute atomic E-state index is 6.19. The third kappa shape index (κ3) is 2.80. The molecule has 0 amide bonds. The highest BCUT2D eigenvalue weighted by molar-refractivity contribution is 7.14.